The highest BCUT2D eigenvalue weighted by Crippen LogP contribution is 2.17. The van der Waals surface area contributed by atoms with Crippen LogP contribution in [0.3, 0.4) is 0 Å². The molecule has 7 nitrogen and oxygen atoms in total. The lowest BCUT2D eigenvalue weighted by atomic mass is 10.0. The zero-order valence-electron chi connectivity index (χ0n) is 12.0. The molecule has 7 heteroatoms. The van der Waals surface area contributed by atoms with Crippen LogP contribution in [0.25, 0.3) is 0 Å². The van der Waals surface area contributed by atoms with Crippen molar-refractivity contribution in [3.63, 3.8) is 0 Å². The van der Waals surface area contributed by atoms with Crippen molar-refractivity contribution >= 4 is 17.8 Å². The lowest BCUT2D eigenvalue weighted by Crippen LogP contribution is -2.38. The van der Waals surface area contributed by atoms with E-state index in [9.17, 15) is 9.59 Å². The van der Waals surface area contributed by atoms with Crippen molar-refractivity contribution in [2.45, 2.75) is 19.4 Å². The third kappa shape index (κ3) is 3.30. The third-order valence-corrected chi connectivity index (χ3v) is 3.63. The van der Waals surface area contributed by atoms with Crippen LogP contribution in [0.2, 0.25) is 0 Å². The summed E-state index contributed by atoms with van der Waals surface area (Å²) in [7, 11) is 0. The zero-order chi connectivity index (χ0) is 15.4. The Labute approximate surface area is 127 Å². The molecule has 0 spiro atoms. The Morgan fingerprint density at radius 1 is 1.36 bits per heavy atom. The van der Waals surface area contributed by atoms with Crippen LogP contribution in [0.15, 0.2) is 36.7 Å². The first-order valence-electron chi connectivity index (χ1n) is 7.21. The van der Waals surface area contributed by atoms with Gasteiger partial charge in [-0.25, -0.2) is 4.68 Å². The van der Waals surface area contributed by atoms with Gasteiger partial charge in [0.15, 0.2) is 0 Å². The second-order valence-electron chi connectivity index (χ2n) is 5.24. The van der Waals surface area contributed by atoms with Crippen LogP contribution < -0.4 is 10.6 Å². The average Bonchev–Trinajstić information content (AvgIpc) is 2.96. The van der Waals surface area contributed by atoms with Crippen molar-refractivity contribution in [3.8, 4) is 0 Å². The fourth-order valence-electron chi connectivity index (χ4n) is 2.44. The number of fused-ring (bicyclic) bond motifs is 1. The predicted molar refractivity (Wildman–Crippen MR) is 79.9 cm³/mol. The predicted octanol–water partition coefficient (Wildman–Crippen LogP) is 0.595. The van der Waals surface area contributed by atoms with E-state index in [0.717, 1.165) is 6.42 Å². The average molecular weight is 299 g/mol. The van der Waals surface area contributed by atoms with Gasteiger partial charge in [0, 0.05) is 13.0 Å². The Morgan fingerprint density at radius 2 is 2.18 bits per heavy atom. The van der Waals surface area contributed by atoms with E-state index in [1.54, 1.807) is 4.68 Å². The molecule has 1 aromatic carbocycles. The summed E-state index contributed by atoms with van der Waals surface area (Å²) in [4.78, 5) is 27.8. The van der Waals surface area contributed by atoms with E-state index in [1.807, 2.05) is 30.3 Å². The summed E-state index contributed by atoms with van der Waals surface area (Å²) in [6, 6.07) is 9.95. The molecule has 1 aliphatic rings. The van der Waals surface area contributed by atoms with Gasteiger partial charge in [-0.05, 0) is 12.0 Å². The number of rotatable bonds is 5. The summed E-state index contributed by atoms with van der Waals surface area (Å²) in [5.74, 6) is -0.282. The molecule has 2 N–H and O–H groups in total. The first-order valence-corrected chi connectivity index (χ1v) is 7.21. The monoisotopic (exact) mass is 299 g/mol. The maximum atomic E-state index is 12.0. The fraction of sp³-hybridized carbons (Fsp3) is 0.333. The molecule has 0 saturated carbocycles. The number of benzene rings is 1. The van der Waals surface area contributed by atoms with Gasteiger partial charge in [0.25, 0.3) is 0 Å². The maximum Gasteiger partial charge on any atom is 0.232 e. The lowest BCUT2D eigenvalue weighted by Gasteiger charge is -2.21. The standard InChI is InChI=1S/C15H17N5O2/c21-13(16-7-6-11-4-2-1-3-5-11)8-12-9-20-15(17-10-18-20)19-14(12)22/h1-5,10,12H,6-9H2,(H,16,21)(H,17,18,19,22)/t12-/m1/s1. The van der Waals surface area contributed by atoms with Crippen molar-refractivity contribution in [2.24, 2.45) is 5.92 Å². The lowest BCUT2D eigenvalue weighted by molar-refractivity contribution is -0.128. The highest BCUT2D eigenvalue weighted by atomic mass is 16.2. The molecule has 22 heavy (non-hydrogen) atoms. The minimum Gasteiger partial charge on any atom is -0.356 e. The Kier molecular flexibility index (Phi) is 4.13. The van der Waals surface area contributed by atoms with E-state index in [4.69, 9.17) is 0 Å². The van der Waals surface area contributed by atoms with E-state index < -0.39 is 5.92 Å². The Hall–Kier alpha value is -2.70. The Bertz CT molecular complexity index is 668. The Morgan fingerprint density at radius 3 is 3.00 bits per heavy atom. The summed E-state index contributed by atoms with van der Waals surface area (Å²) >= 11 is 0. The van der Waals surface area contributed by atoms with Gasteiger partial charge in [0.05, 0.1) is 12.5 Å². The topological polar surface area (TPSA) is 88.9 Å². The summed E-state index contributed by atoms with van der Waals surface area (Å²) in [6.07, 6.45) is 2.31. The van der Waals surface area contributed by atoms with Crippen LogP contribution in [-0.4, -0.2) is 33.1 Å². The fourth-order valence-corrected chi connectivity index (χ4v) is 2.44. The normalized spacial score (nSPS) is 16.7. The zero-order valence-corrected chi connectivity index (χ0v) is 12.0. The van der Waals surface area contributed by atoms with Crippen molar-refractivity contribution < 1.29 is 9.59 Å². The second-order valence-corrected chi connectivity index (χ2v) is 5.24. The maximum absolute atomic E-state index is 12.0. The molecule has 2 heterocycles. The van der Waals surface area contributed by atoms with Crippen molar-refractivity contribution in [3.05, 3.63) is 42.2 Å². The molecule has 0 fully saturated rings. The molecule has 1 atom stereocenters. The van der Waals surface area contributed by atoms with Gasteiger partial charge in [-0.15, -0.1) is 0 Å². The largest absolute Gasteiger partial charge is 0.356 e. The van der Waals surface area contributed by atoms with E-state index >= 15 is 0 Å². The first kappa shape index (κ1) is 14.2. The molecule has 1 aliphatic heterocycles. The van der Waals surface area contributed by atoms with Crippen molar-refractivity contribution in [1.82, 2.24) is 20.1 Å². The molecule has 0 unspecified atom stereocenters. The number of carbonyl (C=O) groups excluding carboxylic acids is 2. The van der Waals surface area contributed by atoms with Crippen LogP contribution >= 0.6 is 0 Å². The van der Waals surface area contributed by atoms with Crippen molar-refractivity contribution in [1.29, 1.82) is 0 Å². The molecule has 3 rings (SSSR count). The van der Waals surface area contributed by atoms with Gasteiger partial charge in [0.1, 0.15) is 6.33 Å². The third-order valence-electron chi connectivity index (χ3n) is 3.63. The molecule has 2 amide bonds. The van der Waals surface area contributed by atoms with E-state index in [2.05, 4.69) is 20.7 Å². The van der Waals surface area contributed by atoms with Crippen LogP contribution in [0.5, 0.6) is 0 Å². The Balaban J connectivity index is 1.47. The number of nitrogens with zero attached hydrogens (tertiary/aromatic N) is 3. The van der Waals surface area contributed by atoms with Gasteiger partial charge in [0.2, 0.25) is 17.8 Å². The molecule has 114 valence electrons. The molecule has 0 saturated heterocycles. The first-order chi connectivity index (χ1) is 10.7. The van der Waals surface area contributed by atoms with Gasteiger partial charge < -0.3 is 5.32 Å². The van der Waals surface area contributed by atoms with Crippen LogP contribution in [0, 0.1) is 5.92 Å². The SMILES string of the molecule is O=C(C[C@@H]1Cn2ncnc2NC1=O)NCCc1ccccc1. The summed E-state index contributed by atoms with van der Waals surface area (Å²) in [6.45, 7) is 0.943. The minimum atomic E-state index is -0.411. The molecule has 0 radical (unpaired) electrons. The highest BCUT2D eigenvalue weighted by Gasteiger charge is 2.29. The van der Waals surface area contributed by atoms with E-state index in [0.29, 0.717) is 19.0 Å². The second kappa shape index (κ2) is 6.38. The number of hydrogen-bond donors (Lipinski definition) is 2. The molecule has 0 aliphatic carbocycles. The number of aromatic nitrogens is 3. The van der Waals surface area contributed by atoms with Crippen molar-refractivity contribution in [2.75, 3.05) is 11.9 Å². The molecule has 0 bridgehead atoms. The van der Waals surface area contributed by atoms with Gasteiger partial charge in [-0.2, -0.15) is 10.1 Å². The quantitative estimate of drug-likeness (QED) is 0.846. The number of hydrogen-bond acceptors (Lipinski definition) is 4. The molecule has 1 aromatic heterocycles. The number of anilines is 1. The number of carbonyl (C=O) groups is 2. The molecule has 2 aromatic rings. The van der Waals surface area contributed by atoms with Gasteiger partial charge in [-0.1, -0.05) is 30.3 Å². The molecular formula is C15H17N5O2. The van der Waals surface area contributed by atoms with Crippen LogP contribution in [0.4, 0.5) is 5.95 Å². The van der Waals surface area contributed by atoms with Gasteiger partial charge in [-0.3, -0.25) is 14.9 Å². The summed E-state index contributed by atoms with van der Waals surface area (Å²) < 4.78 is 1.60. The van der Waals surface area contributed by atoms with Gasteiger partial charge >= 0.3 is 0 Å². The van der Waals surface area contributed by atoms with E-state index in [-0.39, 0.29) is 18.2 Å². The number of nitrogens with one attached hydrogen (secondary N) is 2. The summed E-state index contributed by atoms with van der Waals surface area (Å²) in [5.41, 5.74) is 1.17. The minimum absolute atomic E-state index is 0.125. The molecular weight excluding hydrogens is 282 g/mol. The van der Waals surface area contributed by atoms with Crippen LogP contribution in [0.1, 0.15) is 12.0 Å². The smallest absolute Gasteiger partial charge is 0.232 e. The number of amides is 2. The van der Waals surface area contributed by atoms with Crippen LogP contribution in [-0.2, 0) is 22.6 Å². The van der Waals surface area contributed by atoms with E-state index in [1.165, 1.54) is 11.9 Å². The summed E-state index contributed by atoms with van der Waals surface area (Å²) in [5, 5.41) is 9.51. The highest BCUT2D eigenvalue weighted by molar-refractivity contribution is 5.94.